The van der Waals surface area contributed by atoms with Gasteiger partial charge in [-0.3, -0.25) is 9.59 Å². The number of hydrogen-bond donors (Lipinski definition) is 1. The molecule has 3 rings (SSSR count). The highest BCUT2D eigenvalue weighted by Crippen LogP contribution is 2.32. The van der Waals surface area contributed by atoms with E-state index >= 15 is 0 Å². The van der Waals surface area contributed by atoms with Crippen LogP contribution in [0.25, 0.3) is 5.57 Å². The highest BCUT2D eigenvalue weighted by molar-refractivity contribution is 6.00. The van der Waals surface area contributed by atoms with Gasteiger partial charge < -0.3 is 19.5 Å². The van der Waals surface area contributed by atoms with Gasteiger partial charge in [-0.1, -0.05) is 37.3 Å². The molecule has 9 heteroatoms. The van der Waals surface area contributed by atoms with Crippen molar-refractivity contribution in [2.45, 2.75) is 33.2 Å². The van der Waals surface area contributed by atoms with E-state index in [9.17, 15) is 23.2 Å². The Morgan fingerprint density at radius 2 is 1.45 bits per heavy atom. The zero-order valence-corrected chi connectivity index (χ0v) is 21.3. The third kappa shape index (κ3) is 6.82. The van der Waals surface area contributed by atoms with Gasteiger partial charge in [-0.25, -0.2) is 13.6 Å². The van der Waals surface area contributed by atoms with Crippen molar-refractivity contribution < 1.29 is 37.4 Å². The molecule has 3 aromatic rings. The molecule has 0 saturated carbocycles. The number of ether oxygens (including phenoxy) is 3. The summed E-state index contributed by atoms with van der Waals surface area (Å²) in [4.78, 5) is 37.8. The number of hydrogen-bond acceptors (Lipinski definition) is 6. The van der Waals surface area contributed by atoms with Gasteiger partial charge in [0.2, 0.25) is 0 Å². The molecule has 1 N–H and O–H groups in total. The van der Waals surface area contributed by atoms with Crippen molar-refractivity contribution in [2.24, 2.45) is 0 Å². The van der Waals surface area contributed by atoms with Crippen LogP contribution < -0.4 is 14.8 Å². The van der Waals surface area contributed by atoms with Gasteiger partial charge >= 0.3 is 11.9 Å². The molecule has 0 aliphatic carbocycles. The van der Waals surface area contributed by atoms with E-state index in [2.05, 4.69) is 5.32 Å². The van der Waals surface area contributed by atoms with E-state index in [1.165, 1.54) is 74.7 Å². The standard InChI is InChI=1S/C29H27F2NO6/c1-5-25(33)38-27-23(7-6-8-24(27)36-4)28(34)32-17(2)29(35)37-18(3)26(19-9-13-21(30)14-10-19)20-11-15-22(31)16-12-20/h6-17H,5H2,1-4H3,(H,32,34)/t17-/m0/s1. The molecule has 0 aliphatic heterocycles. The van der Waals surface area contributed by atoms with Crippen molar-refractivity contribution in [3.05, 3.63) is 101 Å². The Bertz CT molecular complexity index is 1300. The van der Waals surface area contributed by atoms with Crippen LogP contribution in [-0.2, 0) is 14.3 Å². The van der Waals surface area contributed by atoms with Gasteiger partial charge in [0.1, 0.15) is 23.4 Å². The fourth-order valence-corrected chi connectivity index (χ4v) is 3.58. The number of amides is 1. The summed E-state index contributed by atoms with van der Waals surface area (Å²) in [6, 6.07) is 14.5. The summed E-state index contributed by atoms with van der Waals surface area (Å²) in [6.45, 7) is 4.58. The van der Waals surface area contributed by atoms with Crippen LogP contribution in [0.5, 0.6) is 11.5 Å². The molecular formula is C29H27F2NO6. The minimum atomic E-state index is -1.11. The molecule has 198 valence electrons. The number of allylic oxidation sites excluding steroid dienone is 1. The summed E-state index contributed by atoms with van der Waals surface area (Å²) in [5.74, 6) is -2.65. The van der Waals surface area contributed by atoms with Gasteiger partial charge in [0, 0.05) is 12.0 Å². The van der Waals surface area contributed by atoms with Crippen molar-refractivity contribution in [1.29, 1.82) is 0 Å². The number of benzene rings is 3. The first-order chi connectivity index (χ1) is 18.1. The summed E-state index contributed by atoms with van der Waals surface area (Å²) in [5, 5.41) is 2.54. The lowest BCUT2D eigenvalue weighted by molar-refractivity contribution is -0.141. The van der Waals surface area contributed by atoms with E-state index in [0.29, 0.717) is 16.7 Å². The summed E-state index contributed by atoms with van der Waals surface area (Å²) >= 11 is 0. The quantitative estimate of drug-likeness (QED) is 0.229. The lowest BCUT2D eigenvalue weighted by atomic mass is 9.97. The minimum absolute atomic E-state index is 0.00335. The lowest BCUT2D eigenvalue weighted by Gasteiger charge is -2.18. The van der Waals surface area contributed by atoms with E-state index in [1.807, 2.05) is 0 Å². The average molecular weight is 524 g/mol. The number of carbonyl (C=O) groups excluding carboxylic acids is 3. The molecule has 38 heavy (non-hydrogen) atoms. The maximum Gasteiger partial charge on any atom is 0.333 e. The average Bonchev–Trinajstić information content (AvgIpc) is 2.90. The SMILES string of the molecule is CCC(=O)Oc1c(OC)cccc1C(=O)N[C@@H](C)C(=O)OC(C)=C(c1ccc(F)cc1)c1ccc(F)cc1. The summed E-state index contributed by atoms with van der Waals surface area (Å²) in [6.07, 6.45) is 0.0812. The van der Waals surface area contributed by atoms with Crippen molar-refractivity contribution in [3.8, 4) is 11.5 Å². The zero-order chi connectivity index (χ0) is 27.8. The first-order valence-electron chi connectivity index (χ1n) is 11.8. The van der Waals surface area contributed by atoms with Crippen LogP contribution in [0.1, 0.15) is 48.7 Å². The molecule has 0 fully saturated rings. The molecule has 7 nitrogen and oxygen atoms in total. The fraction of sp³-hybridized carbons (Fsp3) is 0.207. The summed E-state index contributed by atoms with van der Waals surface area (Å²) < 4.78 is 43.1. The van der Waals surface area contributed by atoms with Gasteiger partial charge in [-0.2, -0.15) is 0 Å². The number of carbonyl (C=O) groups is 3. The highest BCUT2D eigenvalue weighted by atomic mass is 19.1. The number of methoxy groups -OCH3 is 1. The van der Waals surface area contributed by atoms with Crippen LogP contribution in [-0.4, -0.2) is 31.0 Å². The maximum absolute atomic E-state index is 13.5. The van der Waals surface area contributed by atoms with E-state index in [0.717, 1.165) is 0 Å². The van der Waals surface area contributed by atoms with Crippen LogP contribution in [0.4, 0.5) is 8.78 Å². The Labute approximate surface area is 219 Å². The van der Waals surface area contributed by atoms with Gasteiger partial charge in [0.25, 0.3) is 5.91 Å². The molecule has 0 saturated heterocycles. The van der Waals surface area contributed by atoms with E-state index in [1.54, 1.807) is 19.9 Å². The van der Waals surface area contributed by atoms with Crippen molar-refractivity contribution in [1.82, 2.24) is 5.32 Å². The monoisotopic (exact) mass is 523 g/mol. The maximum atomic E-state index is 13.5. The van der Waals surface area contributed by atoms with E-state index in [-0.39, 0.29) is 29.2 Å². The number of para-hydroxylation sites is 1. The first-order valence-corrected chi connectivity index (χ1v) is 11.8. The number of halogens is 2. The van der Waals surface area contributed by atoms with Gasteiger partial charge in [-0.15, -0.1) is 0 Å². The molecule has 0 heterocycles. The molecule has 0 aliphatic rings. The summed E-state index contributed by atoms with van der Waals surface area (Å²) in [7, 11) is 1.37. The van der Waals surface area contributed by atoms with Crippen LogP contribution in [0.2, 0.25) is 0 Å². The first kappa shape index (κ1) is 28.0. The van der Waals surface area contributed by atoms with E-state index < -0.39 is 35.5 Å². The van der Waals surface area contributed by atoms with Crippen molar-refractivity contribution >= 4 is 23.4 Å². The molecule has 0 unspecified atom stereocenters. The van der Waals surface area contributed by atoms with Crippen LogP contribution in [0.3, 0.4) is 0 Å². The molecule has 0 bridgehead atoms. The predicted molar refractivity (Wildman–Crippen MR) is 136 cm³/mol. The molecule has 1 amide bonds. The third-order valence-electron chi connectivity index (χ3n) is 5.52. The largest absolute Gasteiger partial charge is 0.493 e. The molecule has 0 spiro atoms. The van der Waals surface area contributed by atoms with Crippen LogP contribution in [0, 0.1) is 11.6 Å². The van der Waals surface area contributed by atoms with E-state index in [4.69, 9.17) is 14.2 Å². The second-order valence-electron chi connectivity index (χ2n) is 8.23. The molecule has 0 aromatic heterocycles. The van der Waals surface area contributed by atoms with Crippen molar-refractivity contribution in [3.63, 3.8) is 0 Å². The number of nitrogens with one attached hydrogen (secondary N) is 1. The Morgan fingerprint density at radius 1 is 0.895 bits per heavy atom. The Morgan fingerprint density at radius 3 is 1.95 bits per heavy atom. The second-order valence-corrected chi connectivity index (χ2v) is 8.23. The topological polar surface area (TPSA) is 90.9 Å². The Hall–Kier alpha value is -4.53. The number of rotatable bonds is 9. The smallest absolute Gasteiger partial charge is 0.333 e. The van der Waals surface area contributed by atoms with Crippen molar-refractivity contribution in [2.75, 3.05) is 7.11 Å². The fourth-order valence-electron chi connectivity index (χ4n) is 3.58. The summed E-state index contributed by atoms with van der Waals surface area (Å²) in [5.41, 5.74) is 1.52. The van der Waals surface area contributed by atoms with Crippen LogP contribution >= 0.6 is 0 Å². The highest BCUT2D eigenvalue weighted by Gasteiger charge is 2.24. The molecule has 0 radical (unpaired) electrons. The predicted octanol–water partition coefficient (Wildman–Crippen LogP) is 5.43. The van der Waals surface area contributed by atoms with Crippen LogP contribution in [0.15, 0.2) is 72.5 Å². The third-order valence-corrected chi connectivity index (χ3v) is 5.52. The van der Waals surface area contributed by atoms with Gasteiger partial charge in [0.05, 0.1) is 12.7 Å². The van der Waals surface area contributed by atoms with Gasteiger partial charge in [-0.05, 0) is 61.4 Å². The van der Waals surface area contributed by atoms with Gasteiger partial charge in [0.15, 0.2) is 11.5 Å². The Kier molecular flexibility index (Phi) is 9.32. The number of esters is 2. The molecule has 1 atom stereocenters. The molecule has 3 aromatic carbocycles. The second kappa shape index (κ2) is 12.6. The normalized spacial score (nSPS) is 11.2. The Balaban J connectivity index is 1.86. The zero-order valence-electron chi connectivity index (χ0n) is 21.3. The molecular weight excluding hydrogens is 496 g/mol. The minimum Gasteiger partial charge on any atom is -0.493 e. The lowest BCUT2D eigenvalue weighted by Crippen LogP contribution is -2.39.